The van der Waals surface area contributed by atoms with Gasteiger partial charge in [-0.15, -0.1) is 0 Å². The molecule has 0 saturated carbocycles. The molecule has 0 unspecified atom stereocenters. The number of benzene rings is 1. The van der Waals surface area contributed by atoms with Crippen LogP contribution in [0.15, 0.2) is 41.9 Å². The van der Waals surface area contributed by atoms with E-state index in [1.807, 2.05) is 24.3 Å². The van der Waals surface area contributed by atoms with Gasteiger partial charge < -0.3 is 20.1 Å². The van der Waals surface area contributed by atoms with Crippen LogP contribution < -0.4 is 15.4 Å². The van der Waals surface area contributed by atoms with Crippen molar-refractivity contribution in [2.24, 2.45) is 4.99 Å². The predicted octanol–water partition coefficient (Wildman–Crippen LogP) is 0.978. The first-order valence-corrected chi connectivity index (χ1v) is 10.0. The van der Waals surface area contributed by atoms with Crippen LogP contribution in [-0.2, 0) is 21.1 Å². The molecule has 0 aliphatic rings. The van der Waals surface area contributed by atoms with Crippen LogP contribution in [0.2, 0.25) is 0 Å². The summed E-state index contributed by atoms with van der Waals surface area (Å²) in [5.41, 5.74) is 1.01. The highest BCUT2D eigenvalue weighted by Gasteiger charge is 2.04. The lowest BCUT2D eigenvalue weighted by Crippen LogP contribution is -2.38. The van der Waals surface area contributed by atoms with E-state index in [0.29, 0.717) is 32.3 Å². The Hall–Kier alpha value is -2.06. The molecule has 0 bridgehead atoms. The average Bonchev–Trinajstić information content (AvgIpc) is 2.58. The molecule has 0 heterocycles. The Morgan fingerprint density at radius 2 is 2.04 bits per heavy atom. The minimum atomic E-state index is -2.98. The summed E-state index contributed by atoms with van der Waals surface area (Å²) in [6, 6.07) is 7.76. The first-order valence-electron chi connectivity index (χ1n) is 7.98. The molecule has 140 valence electrons. The minimum absolute atomic E-state index is 0.0292. The van der Waals surface area contributed by atoms with Gasteiger partial charge in [0, 0.05) is 32.0 Å². The van der Waals surface area contributed by atoms with Crippen LogP contribution in [-0.4, -0.2) is 59.8 Å². The zero-order chi connectivity index (χ0) is 18.5. The van der Waals surface area contributed by atoms with Crippen LogP contribution in [0.3, 0.4) is 0 Å². The van der Waals surface area contributed by atoms with E-state index in [1.54, 1.807) is 13.1 Å². The van der Waals surface area contributed by atoms with Crippen molar-refractivity contribution in [3.05, 3.63) is 42.5 Å². The lowest BCUT2D eigenvalue weighted by Gasteiger charge is -2.14. The quantitative estimate of drug-likeness (QED) is 0.262. The lowest BCUT2D eigenvalue weighted by atomic mass is 10.2. The van der Waals surface area contributed by atoms with Gasteiger partial charge in [-0.3, -0.25) is 4.99 Å². The number of nitrogens with one attached hydrogen (secondary N) is 2. The molecule has 0 fully saturated rings. The number of guanidine groups is 1. The Kier molecular flexibility index (Phi) is 9.64. The summed E-state index contributed by atoms with van der Waals surface area (Å²) >= 11 is 0. The number of ether oxygens (including phenoxy) is 2. The van der Waals surface area contributed by atoms with E-state index >= 15 is 0 Å². The lowest BCUT2D eigenvalue weighted by molar-refractivity contribution is 0.154. The molecule has 0 amide bonds. The summed E-state index contributed by atoms with van der Waals surface area (Å²) in [4.78, 5) is 4.14. The number of hydrogen-bond acceptors (Lipinski definition) is 5. The van der Waals surface area contributed by atoms with Crippen molar-refractivity contribution in [3.8, 4) is 5.75 Å². The maximum absolute atomic E-state index is 11.0. The van der Waals surface area contributed by atoms with Crippen molar-refractivity contribution in [1.29, 1.82) is 0 Å². The second-order valence-electron chi connectivity index (χ2n) is 5.30. The van der Waals surface area contributed by atoms with E-state index in [0.717, 1.165) is 11.3 Å². The Balaban J connectivity index is 2.34. The van der Waals surface area contributed by atoms with E-state index in [4.69, 9.17) is 9.47 Å². The largest absolute Gasteiger partial charge is 0.489 e. The molecule has 2 N–H and O–H groups in total. The number of hydrogen-bond donors (Lipinski definition) is 2. The smallest absolute Gasteiger partial charge is 0.191 e. The molecule has 25 heavy (non-hydrogen) atoms. The van der Waals surface area contributed by atoms with Crippen molar-refractivity contribution >= 4 is 15.8 Å². The van der Waals surface area contributed by atoms with Crippen molar-refractivity contribution < 1.29 is 17.9 Å². The third kappa shape index (κ3) is 9.73. The highest BCUT2D eigenvalue weighted by molar-refractivity contribution is 7.90. The van der Waals surface area contributed by atoms with Gasteiger partial charge >= 0.3 is 0 Å². The Bertz CT molecular complexity index is 660. The van der Waals surface area contributed by atoms with Gasteiger partial charge in [-0.25, -0.2) is 8.42 Å². The van der Waals surface area contributed by atoms with Gasteiger partial charge in [-0.05, 0) is 6.07 Å². The van der Waals surface area contributed by atoms with E-state index in [9.17, 15) is 8.42 Å². The second kappa shape index (κ2) is 11.5. The number of rotatable bonds is 11. The van der Waals surface area contributed by atoms with Crippen LogP contribution in [0.1, 0.15) is 5.56 Å². The van der Waals surface area contributed by atoms with Crippen molar-refractivity contribution in [2.75, 3.05) is 45.4 Å². The second-order valence-corrected chi connectivity index (χ2v) is 7.56. The molecule has 8 heteroatoms. The molecule has 1 aromatic rings. The summed E-state index contributed by atoms with van der Waals surface area (Å²) in [7, 11) is -1.30. The van der Waals surface area contributed by atoms with E-state index in [1.165, 1.54) is 6.26 Å². The number of aliphatic imine (C=N–C) groups is 1. The zero-order valence-corrected chi connectivity index (χ0v) is 15.6. The van der Waals surface area contributed by atoms with Crippen LogP contribution in [0.5, 0.6) is 5.75 Å². The highest BCUT2D eigenvalue weighted by Crippen LogP contribution is 2.17. The van der Waals surface area contributed by atoms with Gasteiger partial charge in [-0.1, -0.05) is 30.9 Å². The molecule has 0 aliphatic carbocycles. The normalized spacial score (nSPS) is 11.8. The number of sulfone groups is 1. The fourth-order valence-corrected chi connectivity index (χ4v) is 2.31. The topological polar surface area (TPSA) is 89.0 Å². The molecule has 1 aromatic carbocycles. The molecule has 0 aliphatic heterocycles. The third-order valence-electron chi connectivity index (χ3n) is 3.14. The first kappa shape index (κ1) is 21.0. The maximum Gasteiger partial charge on any atom is 0.191 e. The molecule has 7 nitrogen and oxygen atoms in total. The summed E-state index contributed by atoms with van der Waals surface area (Å²) in [6.45, 7) is 5.78. The van der Waals surface area contributed by atoms with Crippen molar-refractivity contribution in [1.82, 2.24) is 10.6 Å². The van der Waals surface area contributed by atoms with Gasteiger partial charge in [0.05, 0.1) is 19.0 Å². The van der Waals surface area contributed by atoms with Crippen LogP contribution in [0.4, 0.5) is 0 Å². The van der Waals surface area contributed by atoms with Gasteiger partial charge in [0.15, 0.2) is 5.96 Å². The zero-order valence-electron chi connectivity index (χ0n) is 14.8. The van der Waals surface area contributed by atoms with Crippen molar-refractivity contribution in [2.45, 2.75) is 6.54 Å². The summed E-state index contributed by atoms with van der Waals surface area (Å²) in [6.07, 6.45) is 2.89. The Morgan fingerprint density at radius 1 is 1.28 bits per heavy atom. The summed E-state index contributed by atoms with van der Waals surface area (Å²) in [5.74, 6) is 1.46. The fourth-order valence-electron chi connectivity index (χ4n) is 1.89. The fraction of sp³-hybridized carbons (Fsp3) is 0.471. The van der Waals surface area contributed by atoms with Crippen LogP contribution in [0.25, 0.3) is 0 Å². The summed E-state index contributed by atoms with van der Waals surface area (Å²) in [5, 5.41) is 6.31. The molecule has 0 aromatic heterocycles. The monoisotopic (exact) mass is 369 g/mol. The number of para-hydroxylation sites is 1. The Morgan fingerprint density at radius 3 is 2.72 bits per heavy atom. The third-order valence-corrected chi connectivity index (χ3v) is 4.04. The minimum Gasteiger partial charge on any atom is -0.489 e. The van der Waals surface area contributed by atoms with E-state index in [2.05, 4.69) is 22.2 Å². The molecule has 0 saturated heterocycles. The predicted molar refractivity (Wildman–Crippen MR) is 101 cm³/mol. The molecule has 0 spiro atoms. The van der Waals surface area contributed by atoms with Crippen molar-refractivity contribution in [3.63, 3.8) is 0 Å². The molecule has 1 rings (SSSR count). The molecule has 0 atom stereocenters. The average molecular weight is 369 g/mol. The van der Waals surface area contributed by atoms with Gasteiger partial charge in [0.25, 0.3) is 0 Å². The van der Waals surface area contributed by atoms with Crippen LogP contribution >= 0.6 is 0 Å². The molecule has 0 radical (unpaired) electrons. The Labute approximate surface area is 150 Å². The summed E-state index contributed by atoms with van der Waals surface area (Å²) < 4.78 is 32.9. The van der Waals surface area contributed by atoms with Gasteiger partial charge in [-0.2, -0.15) is 0 Å². The molecular formula is C17H27N3O4S. The van der Waals surface area contributed by atoms with E-state index < -0.39 is 9.84 Å². The van der Waals surface area contributed by atoms with Gasteiger partial charge in [0.2, 0.25) is 0 Å². The first-order chi connectivity index (χ1) is 12.0. The molecular weight excluding hydrogens is 342 g/mol. The van der Waals surface area contributed by atoms with Gasteiger partial charge in [0.1, 0.15) is 22.2 Å². The maximum atomic E-state index is 11.0. The van der Waals surface area contributed by atoms with E-state index in [-0.39, 0.29) is 12.4 Å². The van der Waals surface area contributed by atoms with Crippen LogP contribution in [0, 0.1) is 0 Å². The standard InChI is InChI=1S/C17H27N3O4S/c1-4-10-24-16-8-6-5-7-15(16)14-20-17(18-2)19-9-11-23-12-13-25(3,21)22/h4-8H,1,9-14H2,2-3H3,(H2,18,19,20). The highest BCUT2D eigenvalue weighted by atomic mass is 32.2. The number of nitrogens with zero attached hydrogens (tertiary/aromatic N) is 1. The SMILES string of the molecule is C=CCOc1ccccc1CNC(=NC)NCCOCCS(C)(=O)=O.